The second-order valence-corrected chi connectivity index (χ2v) is 17.6. The average molecular weight is 811 g/mol. The van der Waals surface area contributed by atoms with E-state index in [4.69, 9.17) is 39.2 Å². The minimum Gasteiger partial charge on any atom is -0.449 e. The molecule has 0 spiro atoms. The van der Waals surface area contributed by atoms with Gasteiger partial charge in [-0.15, -0.1) is 82.3 Å². The summed E-state index contributed by atoms with van der Waals surface area (Å²) in [6.07, 6.45) is 1.63. The highest BCUT2D eigenvalue weighted by Gasteiger charge is 2.02. The molecule has 0 aromatic carbocycles. The summed E-state index contributed by atoms with van der Waals surface area (Å²) >= 11 is 14.1. The number of aliphatic hydroxyl groups excluding tert-OH is 2. The number of hydrogen-bond acceptors (Lipinski definition) is 21. The average Bonchev–Trinajstić information content (AvgIpc) is 3.04. The fraction of sp³-hybridized carbons (Fsp3) is 0.818. The van der Waals surface area contributed by atoms with Crippen LogP contribution < -0.4 is 10.6 Å². The summed E-state index contributed by atoms with van der Waals surface area (Å²) in [6, 6.07) is 0. The molecule has 0 saturated carbocycles. The number of amides is 2. The van der Waals surface area contributed by atoms with Crippen molar-refractivity contribution in [2.24, 2.45) is 9.98 Å². The number of alkyl carbamates (subject to hydrolysis) is 2. The number of rotatable bonds is 34. The van der Waals surface area contributed by atoms with Crippen molar-refractivity contribution in [2.75, 3.05) is 105 Å². The summed E-state index contributed by atoms with van der Waals surface area (Å²) in [5.41, 5.74) is 0. The SMILES string of the molecule is O=C(NCSCSC/N=C/OOCSCSCSCNC(=O)OCSCSC/N=C/OOCCSCCO)OCCSCCO. The molecule has 264 valence electrons. The monoisotopic (exact) mass is 810 g/mol. The molecule has 14 nitrogen and oxygen atoms in total. The zero-order valence-corrected chi connectivity index (χ0v) is 32.0. The number of nitrogens with zero attached hydrogens (tertiary/aromatic N) is 2. The Morgan fingerprint density at radius 1 is 0.578 bits per heavy atom. The number of aliphatic hydroxyl groups is 2. The molecule has 0 aromatic heterocycles. The van der Waals surface area contributed by atoms with Crippen LogP contribution in [-0.4, -0.2) is 140 Å². The van der Waals surface area contributed by atoms with Gasteiger partial charge in [0.2, 0.25) is 12.8 Å². The molecule has 0 aliphatic carbocycles. The Balaban J connectivity index is 3.27. The highest BCUT2D eigenvalue weighted by Crippen LogP contribution is 2.17. The molecule has 0 radical (unpaired) electrons. The Kier molecular flexibility index (Phi) is 41.1. The molecular weight excluding hydrogens is 769 g/mol. The summed E-state index contributed by atoms with van der Waals surface area (Å²) in [7, 11) is 0. The maximum Gasteiger partial charge on any atom is 0.408 e. The maximum atomic E-state index is 11.7. The van der Waals surface area contributed by atoms with Crippen LogP contribution in [0.15, 0.2) is 9.98 Å². The molecule has 0 aliphatic rings. The zero-order valence-electron chi connectivity index (χ0n) is 24.6. The largest absolute Gasteiger partial charge is 0.449 e. The number of carbonyl (C=O) groups excluding carboxylic acids is 2. The van der Waals surface area contributed by atoms with E-state index in [0.717, 1.165) is 26.1 Å². The minimum atomic E-state index is -0.444. The molecule has 45 heavy (non-hydrogen) atoms. The number of aliphatic imine (C=N–C) groups is 2. The fourth-order valence-corrected chi connectivity index (χ4v) is 8.65. The van der Waals surface area contributed by atoms with E-state index in [1.807, 2.05) is 0 Å². The third-order valence-corrected chi connectivity index (χ3v) is 12.7. The van der Waals surface area contributed by atoms with Gasteiger partial charge in [-0.3, -0.25) is 0 Å². The lowest BCUT2D eigenvalue weighted by atomic mass is 10.8. The third kappa shape index (κ3) is 40.6. The van der Waals surface area contributed by atoms with Crippen molar-refractivity contribution in [1.82, 2.24) is 10.6 Å². The molecule has 0 rings (SSSR count). The van der Waals surface area contributed by atoms with Crippen LogP contribution in [0.4, 0.5) is 9.59 Å². The Morgan fingerprint density at radius 3 is 1.78 bits per heavy atom. The third-order valence-electron chi connectivity index (χ3n) is 3.65. The van der Waals surface area contributed by atoms with Gasteiger partial charge in [0.25, 0.3) is 0 Å². The van der Waals surface area contributed by atoms with E-state index in [0.29, 0.717) is 59.9 Å². The molecule has 23 heteroatoms. The molecule has 4 N–H and O–H groups in total. The van der Waals surface area contributed by atoms with Crippen LogP contribution in [-0.2, 0) is 29.0 Å². The number of ether oxygens (including phenoxy) is 2. The van der Waals surface area contributed by atoms with Crippen molar-refractivity contribution < 1.29 is 48.8 Å². The zero-order chi connectivity index (χ0) is 32.7. The van der Waals surface area contributed by atoms with Crippen LogP contribution in [0, 0.1) is 0 Å². The molecule has 0 fully saturated rings. The first-order chi connectivity index (χ1) is 22.2. The second kappa shape index (κ2) is 40.6. The summed E-state index contributed by atoms with van der Waals surface area (Å²) in [6.45, 7) is 1.03. The standard InChI is InChI=1S/C22H42N4O10S9/c27-1-5-37-7-3-31-21(29)25-13-41-17-39-11-24-10-35-36-16-44-20-45-19-42-14-26-22(30)32-15-43-18-40-12-23-9-34-33-4-8-38-6-2-28/h9-10,27-28H,1-8,11-20H2,(H,25,29)(H,26,30)/b23-9+,24-10+. The van der Waals surface area contributed by atoms with Gasteiger partial charge in [-0.2, -0.15) is 33.3 Å². The summed E-state index contributed by atoms with van der Waals surface area (Å²) in [5.74, 6) is 5.31. The fourth-order valence-electron chi connectivity index (χ4n) is 1.93. The van der Waals surface area contributed by atoms with Crippen LogP contribution in [0.1, 0.15) is 0 Å². The van der Waals surface area contributed by atoms with Gasteiger partial charge in [0, 0.05) is 43.4 Å². The van der Waals surface area contributed by atoms with Crippen LogP contribution in [0.25, 0.3) is 0 Å². The van der Waals surface area contributed by atoms with E-state index >= 15 is 0 Å². The summed E-state index contributed by atoms with van der Waals surface area (Å²) in [5, 5.41) is 25.8. The van der Waals surface area contributed by atoms with Crippen molar-refractivity contribution >= 4 is 131 Å². The quantitative estimate of drug-likeness (QED) is 0.0178. The Labute approximate surface area is 303 Å². The molecule has 2 amide bonds. The lowest BCUT2D eigenvalue weighted by molar-refractivity contribution is -0.210. The van der Waals surface area contributed by atoms with E-state index in [1.165, 1.54) is 36.3 Å². The van der Waals surface area contributed by atoms with Crippen molar-refractivity contribution in [3.63, 3.8) is 0 Å². The minimum absolute atomic E-state index is 0.124. The van der Waals surface area contributed by atoms with E-state index in [2.05, 4.69) is 20.6 Å². The highest BCUT2D eigenvalue weighted by molar-refractivity contribution is 8.22. The van der Waals surface area contributed by atoms with Gasteiger partial charge in [0.1, 0.15) is 25.1 Å². The van der Waals surface area contributed by atoms with Crippen LogP contribution in [0.2, 0.25) is 0 Å². The first kappa shape index (κ1) is 45.5. The first-order valence-electron chi connectivity index (χ1n) is 13.0. The predicted molar refractivity (Wildman–Crippen MR) is 201 cm³/mol. The molecule has 0 aromatic rings. The summed E-state index contributed by atoms with van der Waals surface area (Å²) in [4.78, 5) is 50.9. The molecule has 0 unspecified atom stereocenters. The highest BCUT2D eigenvalue weighted by atomic mass is 32.2. The molecule has 0 atom stereocenters. The van der Waals surface area contributed by atoms with Gasteiger partial charge in [-0.25, -0.2) is 19.6 Å². The van der Waals surface area contributed by atoms with Crippen molar-refractivity contribution in [2.45, 2.75) is 0 Å². The van der Waals surface area contributed by atoms with E-state index in [1.54, 1.807) is 82.3 Å². The lowest BCUT2D eigenvalue weighted by Crippen LogP contribution is -2.24. The van der Waals surface area contributed by atoms with Gasteiger partial charge in [-0.05, 0) is 0 Å². The van der Waals surface area contributed by atoms with Gasteiger partial charge >= 0.3 is 12.2 Å². The molecule has 0 heterocycles. The van der Waals surface area contributed by atoms with Gasteiger partial charge in [0.15, 0.2) is 0 Å². The topological polar surface area (TPSA) is 179 Å². The van der Waals surface area contributed by atoms with Gasteiger partial charge in [0.05, 0.1) is 36.7 Å². The van der Waals surface area contributed by atoms with Crippen LogP contribution in [0.3, 0.4) is 0 Å². The number of hydrogen-bond donors (Lipinski definition) is 4. The summed E-state index contributed by atoms with van der Waals surface area (Å²) < 4.78 is 10.1. The number of nitrogens with one attached hydrogen (secondary N) is 2. The van der Waals surface area contributed by atoms with Crippen LogP contribution in [0.5, 0.6) is 0 Å². The second-order valence-electron chi connectivity index (χ2n) is 6.98. The van der Waals surface area contributed by atoms with Crippen molar-refractivity contribution in [3.8, 4) is 0 Å². The molecule has 0 aliphatic heterocycles. The molecular formula is C22H42N4O10S9. The Hall–Kier alpha value is 0.470. The Bertz CT molecular complexity index is 728. The number of thioether (sulfide) groups is 9. The smallest absolute Gasteiger partial charge is 0.408 e. The number of carbonyl (C=O) groups is 2. The Morgan fingerprint density at radius 2 is 1.11 bits per heavy atom. The van der Waals surface area contributed by atoms with Crippen molar-refractivity contribution in [1.29, 1.82) is 0 Å². The van der Waals surface area contributed by atoms with E-state index in [9.17, 15) is 9.59 Å². The van der Waals surface area contributed by atoms with E-state index < -0.39 is 12.2 Å². The van der Waals surface area contributed by atoms with Gasteiger partial charge < -0.3 is 40.1 Å². The first-order valence-corrected chi connectivity index (χ1v) is 23.4. The van der Waals surface area contributed by atoms with Gasteiger partial charge in [-0.1, -0.05) is 0 Å². The lowest BCUT2D eigenvalue weighted by Gasteiger charge is -2.06. The molecule has 0 saturated heterocycles. The molecule has 0 bridgehead atoms. The normalized spacial score (nSPS) is 11.2. The van der Waals surface area contributed by atoms with Crippen LogP contribution >= 0.6 is 106 Å². The maximum absolute atomic E-state index is 11.7. The van der Waals surface area contributed by atoms with E-state index in [-0.39, 0.29) is 19.2 Å². The van der Waals surface area contributed by atoms with Crippen molar-refractivity contribution in [3.05, 3.63) is 0 Å². The predicted octanol–water partition coefficient (Wildman–Crippen LogP) is 4.55.